The van der Waals surface area contributed by atoms with Crippen molar-refractivity contribution in [2.45, 2.75) is 0 Å². The molecule has 0 aliphatic carbocycles. The summed E-state index contributed by atoms with van der Waals surface area (Å²) in [4.78, 5) is 4.74. The number of furan rings is 2. The van der Waals surface area contributed by atoms with E-state index in [1.54, 1.807) is 0 Å². The molecule has 0 spiro atoms. The summed E-state index contributed by atoms with van der Waals surface area (Å²) < 4.78 is 15.5. The van der Waals surface area contributed by atoms with Crippen LogP contribution in [-0.2, 0) is 0 Å². The molecular formula is C84H54N2O2S. The summed E-state index contributed by atoms with van der Waals surface area (Å²) in [6.07, 6.45) is 0. The first-order valence-corrected chi connectivity index (χ1v) is 31.0. The van der Waals surface area contributed by atoms with Gasteiger partial charge in [-0.25, -0.2) is 0 Å². The van der Waals surface area contributed by atoms with Crippen molar-refractivity contribution in [3.8, 4) is 66.8 Å². The van der Waals surface area contributed by atoms with Crippen LogP contribution in [0, 0.1) is 0 Å². The summed E-state index contributed by atoms with van der Waals surface area (Å²) in [5, 5.41) is 6.86. The maximum Gasteiger partial charge on any atom is 0.136 e. The molecule has 0 N–H and O–H groups in total. The summed E-state index contributed by atoms with van der Waals surface area (Å²) in [5.41, 5.74) is 23.7. The van der Waals surface area contributed by atoms with Crippen molar-refractivity contribution in [3.63, 3.8) is 0 Å². The molecule has 0 aliphatic heterocycles. The number of hydrogen-bond donors (Lipinski definition) is 0. The van der Waals surface area contributed by atoms with Gasteiger partial charge in [0.25, 0.3) is 0 Å². The molecule has 0 saturated heterocycles. The third-order valence-electron chi connectivity index (χ3n) is 17.5. The molecule has 17 rings (SSSR count). The van der Waals surface area contributed by atoms with Crippen LogP contribution in [0.5, 0.6) is 0 Å². The first kappa shape index (κ1) is 51.9. The van der Waals surface area contributed by atoms with Crippen LogP contribution in [0.2, 0.25) is 0 Å². The Morgan fingerprint density at radius 1 is 0.225 bits per heavy atom. The zero-order chi connectivity index (χ0) is 58.8. The number of anilines is 6. The minimum Gasteiger partial charge on any atom is -0.456 e. The molecular weight excluding hydrogens is 1100 g/mol. The predicted molar refractivity (Wildman–Crippen MR) is 376 cm³/mol. The number of thiophene rings is 1. The van der Waals surface area contributed by atoms with Crippen LogP contribution in [0.4, 0.5) is 34.1 Å². The molecule has 0 bridgehead atoms. The van der Waals surface area contributed by atoms with E-state index in [0.717, 1.165) is 117 Å². The molecule has 0 atom stereocenters. The monoisotopic (exact) mass is 1150 g/mol. The smallest absolute Gasteiger partial charge is 0.136 e. The van der Waals surface area contributed by atoms with Gasteiger partial charge >= 0.3 is 0 Å². The Kier molecular flexibility index (Phi) is 12.7. The van der Waals surface area contributed by atoms with Crippen LogP contribution in [0.1, 0.15) is 0 Å². The highest BCUT2D eigenvalue weighted by Crippen LogP contribution is 2.52. The molecule has 0 aliphatic rings. The summed E-state index contributed by atoms with van der Waals surface area (Å²) >= 11 is 1.88. The highest BCUT2D eigenvalue weighted by Gasteiger charge is 2.25. The Morgan fingerprint density at radius 3 is 1.34 bits per heavy atom. The van der Waals surface area contributed by atoms with E-state index in [2.05, 4.69) is 325 Å². The van der Waals surface area contributed by atoms with E-state index in [-0.39, 0.29) is 0 Å². The van der Waals surface area contributed by atoms with Gasteiger partial charge in [0.05, 0.1) is 0 Å². The van der Waals surface area contributed by atoms with Crippen molar-refractivity contribution < 1.29 is 8.83 Å². The van der Waals surface area contributed by atoms with Crippen LogP contribution in [-0.4, -0.2) is 0 Å². The largest absolute Gasteiger partial charge is 0.456 e. The lowest BCUT2D eigenvalue weighted by Gasteiger charge is -2.27. The topological polar surface area (TPSA) is 32.8 Å². The second-order valence-electron chi connectivity index (χ2n) is 22.7. The van der Waals surface area contributed by atoms with E-state index in [1.807, 2.05) is 23.5 Å². The fraction of sp³-hybridized carbons (Fsp3) is 0. The standard InChI is InChI=1S/C84H54N2O2S/c1-7-22-55(23-8-1)68-35-21-37-79-82(68)75-51-60(41-49-78(75)88-79)71-52-65(44-46-67(71)59-40-48-77-74(50-59)69-34-19-20-36-76(69)87-77)86(63-32-17-6-18-33-63)64-42-38-57(39-43-64)72-54-73(56-24-9-2-10-25-56)83-70-47-45-66(53-80(70)89-84(83)81(72)58-26-11-3-12-27-58)85(61-28-13-4-14-29-61)62-30-15-5-16-31-62/h1-54H. The Morgan fingerprint density at radius 2 is 0.685 bits per heavy atom. The lowest BCUT2D eigenvalue weighted by atomic mass is 9.88. The Balaban J connectivity index is 0.841. The number of benzene rings is 14. The zero-order valence-corrected chi connectivity index (χ0v) is 49.1. The normalized spacial score (nSPS) is 11.6. The van der Waals surface area contributed by atoms with Gasteiger partial charge in [0.15, 0.2) is 0 Å². The molecule has 3 heterocycles. The van der Waals surface area contributed by atoms with E-state index >= 15 is 0 Å². The molecule has 89 heavy (non-hydrogen) atoms. The summed E-state index contributed by atoms with van der Waals surface area (Å²) in [7, 11) is 0. The lowest BCUT2D eigenvalue weighted by Crippen LogP contribution is -2.10. The minimum atomic E-state index is 0.850. The molecule has 14 aromatic carbocycles. The second kappa shape index (κ2) is 21.8. The van der Waals surface area contributed by atoms with Crippen LogP contribution in [0.15, 0.2) is 336 Å². The molecule has 418 valence electrons. The Bertz CT molecular complexity index is 5430. The third kappa shape index (κ3) is 9.14. The van der Waals surface area contributed by atoms with Crippen molar-refractivity contribution in [3.05, 3.63) is 328 Å². The van der Waals surface area contributed by atoms with Crippen molar-refractivity contribution in [2.75, 3.05) is 9.80 Å². The quantitative estimate of drug-likeness (QED) is 0.122. The summed E-state index contributed by atoms with van der Waals surface area (Å²) in [6.45, 7) is 0. The fourth-order valence-corrected chi connectivity index (χ4v) is 14.7. The van der Waals surface area contributed by atoms with Gasteiger partial charge in [-0.1, -0.05) is 212 Å². The number of rotatable bonds is 12. The van der Waals surface area contributed by atoms with Gasteiger partial charge in [0, 0.05) is 81.4 Å². The van der Waals surface area contributed by atoms with Gasteiger partial charge in [0.2, 0.25) is 0 Å². The van der Waals surface area contributed by atoms with E-state index in [9.17, 15) is 0 Å². The maximum atomic E-state index is 6.64. The van der Waals surface area contributed by atoms with Crippen molar-refractivity contribution in [2.24, 2.45) is 0 Å². The first-order valence-electron chi connectivity index (χ1n) is 30.2. The number of hydrogen-bond acceptors (Lipinski definition) is 5. The van der Waals surface area contributed by atoms with Gasteiger partial charge in [-0.2, -0.15) is 0 Å². The lowest BCUT2D eigenvalue weighted by molar-refractivity contribution is 0.668. The number of para-hydroxylation sites is 4. The molecule has 5 heteroatoms. The van der Waals surface area contributed by atoms with Gasteiger partial charge < -0.3 is 18.6 Å². The predicted octanol–water partition coefficient (Wildman–Crippen LogP) is 24.8. The van der Waals surface area contributed by atoms with Crippen LogP contribution in [0.25, 0.3) is 131 Å². The first-order chi connectivity index (χ1) is 44.1. The fourth-order valence-electron chi connectivity index (χ4n) is 13.4. The van der Waals surface area contributed by atoms with Crippen molar-refractivity contribution in [1.82, 2.24) is 0 Å². The third-order valence-corrected chi connectivity index (χ3v) is 18.6. The number of nitrogens with zero attached hydrogens (tertiary/aromatic N) is 2. The molecule has 0 fully saturated rings. The van der Waals surface area contributed by atoms with E-state index < -0.39 is 0 Å². The molecule has 3 aromatic heterocycles. The van der Waals surface area contributed by atoms with Crippen LogP contribution >= 0.6 is 11.3 Å². The maximum absolute atomic E-state index is 6.64. The van der Waals surface area contributed by atoms with Gasteiger partial charge in [0.1, 0.15) is 22.3 Å². The molecule has 0 unspecified atom stereocenters. The molecule has 0 saturated carbocycles. The minimum absolute atomic E-state index is 0.850. The second-order valence-corrected chi connectivity index (χ2v) is 23.7. The average molecular weight is 1160 g/mol. The molecule has 0 radical (unpaired) electrons. The highest BCUT2D eigenvalue weighted by atomic mass is 32.1. The van der Waals surface area contributed by atoms with Crippen molar-refractivity contribution in [1.29, 1.82) is 0 Å². The van der Waals surface area contributed by atoms with Gasteiger partial charge in [-0.05, 0) is 176 Å². The van der Waals surface area contributed by atoms with Crippen molar-refractivity contribution >= 4 is 110 Å². The molecule has 4 nitrogen and oxygen atoms in total. The van der Waals surface area contributed by atoms with Crippen LogP contribution < -0.4 is 9.80 Å². The van der Waals surface area contributed by atoms with E-state index in [0.29, 0.717) is 0 Å². The van der Waals surface area contributed by atoms with Gasteiger partial charge in [-0.3, -0.25) is 0 Å². The Hall–Kier alpha value is -11.5. The SMILES string of the molecule is c1ccc(-c2c(-c3ccc(N(c4ccccc4)c4ccc(-c5ccc6oc7ccccc7c6c5)c(-c5ccc6oc7cccc(-c8ccccc8)c7c6c5)c4)cc3)cc(-c3ccccc3)c3c2sc2cc(N(c4ccccc4)c4ccccc4)ccc23)cc1. The summed E-state index contributed by atoms with van der Waals surface area (Å²) in [5.74, 6) is 0. The molecule has 0 amide bonds. The van der Waals surface area contributed by atoms with Crippen LogP contribution in [0.3, 0.4) is 0 Å². The Labute approximate surface area is 519 Å². The van der Waals surface area contributed by atoms with Gasteiger partial charge in [-0.15, -0.1) is 11.3 Å². The average Bonchev–Trinajstić information content (AvgIpc) is 1.77. The summed E-state index contributed by atoms with van der Waals surface area (Å²) in [6, 6.07) is 118. The van der Waals surface area contributed by atoms with E-state index in [1.165, 1.54) is 48.0 Å². The highest BCUT2D eigenvalue weighted by molar-refractivity contribution is 7.26. The van der Waals surface area contributed by atoms with E-state index in [4.69, 9.17) is 8.83 Å². The zero-order valence-electron chi connectivity index (χ0n) is 48.3. The molecule has 17 aromatic rings. The number of fused-ring (bicyclic) bond motifs is 9.